The number of aromatic nitrogens is 1. The number of pyridine rings is 1. The van der Waals surface area contributed by atoms with Crippen LogP contribution in [0.25, 0.3) is 21.8 Å². The van der Waals surface area contributed by atoms with E-state index in [9.17, 15) is 9.67 Å². The summed E-state index contributed by atoms with van der Waals surface area (Å²) < 4.78 is 23.8. The fourth-order valence-corrected chi connectivity index (χ4v) is 5.91. The summed E-state index contributed by atoms with van der Waals surface area (Å²) in [6, 6.07) is 12.9. The van der Waals surface area contributed by atoms with E-state index >= 15 is 0 Å². The predicted molar refractivity (Wildman–Crippen MR) is 104 cm³/mol. The number of fused-ring (bicyclic) bond motifs is 2. The Morgan fingerprint density at radius 3 is 2.72 bits per heavy atom. The molecule has 0 aliphatic rings. The molecule has 0 aliphatic carbocycles. The highest BCUT2D eigenvalue weighted by molar-refractivity contribution is 8.55. The summed E-state index contributed by atoms with van der Waals surface area (Å²) in [5.41, 5.74) is 1.50. The molecule has 1 atom stereocenters. The van der Waals surface area contributed by atoms with E-state index in [-0.39, 0.29) is 18.1 Å². The van der Waals surface area contributed by atoms with Gasteiger partial charge in [-0.3, -0.25) is 4.52 Å². The van der Waals surface area contributed by atoms with Gasteiger partial charge in [0, 0.05) is 16.5 Å². The third-order valence-electron chi connectivity index (χ3n) is 3.59. The van der Waals surface area contributed by atoms with E-state index in [4.69, 9.17) is 9.05 Å². The minimum absolute atomic E-state index is 0.0761. The van der Waals surface area contributed by atoms with E-state index in [1.54, 1.807) is 19.1 Å². The molecule has 0 spiro atoms. The second kappa shape index (κ2) is 7.65. The Morgan fingerprint density at radius 2 is 1.96 bits per heavy atom. The van der Waals surface area contributed by atoms with Crippen LogP contribution >= 0.6 is 18.2 Å². The number of benzene rings is 2. The first-order valence-electron chi connectivity index (χ1n) is 8.16. The molecular formula is C18H20NO4PS. The SMILES string of the molecule is CCCSP(=O)(OCC)Oc1ccc2nc3ccccc3cc2c1O. The summed E-state index contributed by atoms with van der Waals surface area (Å²) in [6.45, 7) is 0.654. The summed E-state index contributed by atoms with van der Waals surface area (Å²) in [5, 5.41) is 12.1. The van der Waals surface area contributed by atoms with Crippen LogP contribution in [0.2, 0.25) is 0 Å². The maximum Gasteiger partial charge on any atom is 0.440 e. The van der Waals surface area contributed by atoms with Gasteiger partial charge in [-0.1, -0.05) is 25.1 Å². The number of phenolic OH excluding ortho intramolecular Hbond substituents is 1. The number of hydrogen-bond acceptors (Lipinski definition) is 6. The molecule has 7 heteroatoms. The Hall–Kier alpha value is -1.75. The van der Waals surface area contributed by atoms with Crippen molar-refractivity contribution in [3.8, 4) is 11.5 Å². The van der Waals surface area contributed by atoms with Crippen LogP contribution in [0.3, 0.4) is 0 Å². The zero-order valence-electron chi connectivity index (χ0n) is 14.1. The van der Waals surface area contributed by atoms with E-state index in [2.05, 4.69) is 4.98 Å². The lowest BCUT2D eigenvalue weighted by Gasteiger charge is -2.18. The van der Waals surface area contributed by atoms with Crippen molar-refractivity contribution < 1.29 is 18.7 Å². The molecule has 0 bridgehead atoms. The van der Waals surface area contributed by atoms with E-state index in [0.717, 1.165) is 28.7 Å². The number of hydrogen-bond donors (Lipinski definition) is 1. The quantitative estimate of drug-likeness (QED) is 0.417. The molecule has 2 aromatic carbocycles. The largest absolute Gasteiger partial charge is 0.504 e. The maximum absolute atomic E-state index is 12.8. The van der Waals surface area contributed by atoms with Crippen molar-refractivity contribution >= 4 is 40.0 Å². The highest BCUT2D eigenvalue weighted by Gasteiger charge is 2.28. The summed E-state index contributed by atoms with van der Waals surface area (Å²) in [4.78, 5) is 4.54. The van der Waals surface area contributed by atoms with Crippen LogP contribution in [0.1, 0.15) is 20.3 Å². The summed E-state index contributed by atoms with van der Waals surface area (Å²) in [7, 11) is 0. The third kappa shape index (κ3) is 3.92. The summed E-state index contributed by atoms with van der Waals surface area (Å²) >= 11 is 1.14. The molecule has 1 unspecified atom stereocenters. The first kappa shape index (κ1) is 18.1. The van der Waals surface area contributed by atoms with Crippen molar-refractivity contribution in [1.82, 2.24) is 4.98 Å². The molecule has 1 heterocycles. The van der Waals surface area contributed by atoms with Gasteiger partial charge >= 0.3 is 6.80 Å². The van der Waals surface area contributed by atoms with E-state index < -0.39 is 6.80 Å². The average molecular weight is 377 g/mol. The third-order valence-corrected chi connectivity index (χ3v) is 7.52. The predicted octanol–water partition coefficient (Wildman–Crippen LogP) is 5.76. The van der Waals surface area contributed by atoms with Crippen molar-refractivity contribution in [2.24, 2.45) is 0 Å². The van der Waals surface area contributed by atoms with Gasteiger partial charge in [0.2, 0.25) is 0 Å². The molecule has 0 fully saturated rings. The van der Waals surface area contributed by atoms with Crippen LogP contribution in [-0.4, -0.2) is 22.5 Å². The van der Waals surface area contributed by atoms with Crippen molar-refractivity contribution in [2.75, 3.05) is 12.4 Å². The van der Waals surface area contributed by atoms with E-state index in [0.29, 0.717) is 16.7 Å². The lowest BCUT2D eigenvalue weighted by molar-refractivity contribution is 0.292. The van der Waals surface area contributed by atoms with Gasteiger partial charge in [-0.15, -0.1) is 0 Å². The molecule has 0 saturated carbocycles. The normalized spacial score (nSPS) is 13.8. The molecule has 3 rings (SSSR count). The van der Waals surface area contributed by atoms with Crippen molar-refractivity contribution in [3.05, 3.63) is 42.5 Å². The molecule has 0 aliphatic heterocycles. The Balaban J connectivity index is 2.02. The monoisotopic (exact) mass is 377 g/mol. The molecule has 0 saturated heterocycles. The topological polar surface area (TPSA) is 68.7 Å². The van der Waals surface area contributed by atoms with Gasteiger partial charge in [0.1, 0.15) is 0 Å². The van der Waals surface area contributed by atoms with Crippen molar-refractivity contribution in [2.45, 2.75) is 20.3 Å². The smallest absolute Gasteiger partial charge is 0.440 e. The van der Waals surface area contributed by atoms with Crippen molar-refractivity contribution in [3.63, 3.8) is 0 Å². The Kier molecular flexibility index (Phi) is 5.52. The van der Waals surface area contributed by atoms with Crippen LogP contribution in [0.4, 0.5) is 0 Å². The van der Waals surface area contributed by atoms with Crippen LogP contribution in [0, 0.1) is 0 Å². The highest BCUT2D eigenvalue weighted by Crippen LogP contribution is 2.61. The summed E-state index contributed by atoms with van der Waals surface area (Å²) in [5.74, 6) is 0.718. The molecule has 5 nitrogen and oxygen atoms in total. The van der Waals surface area contributed by atoms with Gasteiger partial charge in [0.05, 0.1) is 17.6 Å². The average Bonchev–Trinajstić information content (AvgIpc) is 2.61. The molecule has 3 aromatic rings. The van der Waals surface area contributed by atoms with Crippen LogP contribution < -0.4 is 4.52 Å². The lowest BCUT2D eigenvalue weighted by atomic mass is 10.1. The van der Waals surface area contributed by atoms with Gasteiger partial charge in [-0.05, 0) is 49.0 Å². The first-order chi connectivity index (χ1) is 12.1. The molecule has 1 aromatic heterocycles. The van der Waals surface area contributed by atoms with Gasteiger partial charge in [-0.2, -0.15) is 0 Å². The number of aromatic hydroxyl groups is 1. The molecule has 132 valence electrons. The number of para-hydroxylation sites is 1. The number of nitrogens with zero attached hydrogens (tertiary/aromatic N) is 1. The first-order valence-corrected chi connectivity index (χ1v) is 11.3. The molecule has 0 amide bonds. The van der Waals surface area contributed by atoms with E-state index in [1.165, 1.54) is 0 Å². The van der Waals surface area contributed by atoms with Crippen LogP contribution in [0.5, 0.6) is 11.5 Å². The Bertz CT molecular complexity index is 947. The fraction of sp³-hybridized carbons (Fsp3) is 0.278. The number of phenols is 1. The number of rotatable bonds is 7. The zero-order valence-corrected chi connectivity index (χ0v) is 15.8. The van der Waals surface area contributed by atoms with Crippen LogP contribution in [0.15, 0.2) is 42.5 Å². The highest BCUT2D eigenvalue weighted by atomic mass is 32.7. The maximum atomic E-state index is 12.8. The molecule has 1 N–H and O–H groups in total. The van der Waals surface area contributed by atoms with Gasteiger partial charge in [-0.25, -0.2) is 9.55 Å². The second-order valence-electron chi connectivity index (χ2n) is 5.45. The zero-order chi connectivity index (χ0) is 17.9. The molecule has 0 radical (unpaired) electrons. The minimum atomic E-state index is -3.37. The van der Waals surface area contributed by atoms with Gasteiger partial charge in [0.25, 0.3) is 0 Å². The van der Waals surface area contributed by atoms with Crippen molar-refractivity contribution in [1.29, 1.82) is 0 Å². The molecule has 25 heavy (non-hydrogen) atoms. The standard InChI is InChI=1S/C18H20NO4PS/c1-3-11-25-24(21,22-4-2)23-17-10-9-16-14(18(17)20)12-13-7-5-6-8-15(13)19-16/h5-10,12,20H,3-4,11H2,1-2H3. The Labute approximate surface area is 150 Å². The molecular weight excluding hydrogens is 357 g/mol. The lowest BCUT2D eigenvalue weighted by Crippen LogP contribution is -1.97. The summed E-state index contributed by atoms with van der Waals surface area (Å²) in [6.07, 6.45) is 0.852. The minimum Gasteiger partial charge on any atom is -0.504 e. The van der Waals surface area contributed by atoms with Gasteiger partial charge < -0.3 is 9.63 Å². The van der Waals surface area contributed by atoms with Crippen LogP contribution in [-0.2, 0) is 9.09 Å². The second-order valence-corrected chi connectivity index (χ2v) is 9.57. The fourth-order valence-electron chi connectivity index (χ4n) is 2.46. The van der Waals surface area contributed by atoms with E-state index in [1.807, 2.05) is 37.3 Å². The van der Waals surface area contributed by atoms with Gasteiger partial charge in [0.15, 0.2) is 11.5 Å². The Morgan fingerprint density at radius 1 is 1.16 bits per heavy atom.